The fourth-order valence-electron chi connectivity index (χ4n) is 1.58. The van der Waals surface area contributed by atoms with Crippen molar-refractivity contribution in [1.29, 1.82) is 0 Å². The average Bonchev–Trinajstić information content (AvgIpc) is 2.29. The summed E-state index contributed by atoms with van der Waals surface area (Å²) < 4.78 is 0. The minimum atomic E-state index is 0.711. The third-order valence-electron chi connectivity index (χ3n) is 2.30. The molecular weight excluding hydrogens is 186 g/mol. The van der Waals surface area contributed by atoms with Crippen molar-refractivity contribution in [3.63, 3.8) is 0 Å². The minimum absolute atomic E-state index is 0.711. The second-order valence-electron chi connectivity index (χ2n) is 3.39. The van der Waals surface area contributed by atoms with Gasteiger partial charge < -0.3 is 0 Å². The largest absolute Gasteiger partial charge is 0.298 e. The fraction of sp³-hybridized carbons (Fsp3) is 0.0769. The summed E-state index contributed by atoms with van der Waals surface area (Å²) in [5, 5.41) is 0. The number of aryl methyl sites for hydroxylation is 1. The Morgan fingerprint density at radius 2 is 2.00 bits per heavy atom. The van der Waals surface area contributed by atoms with Gasteiger partial charge in [0.05, 0.1) is 0 Å². The summed E-state index contributed by atoms with van der Waals surface area (Å²) in [4.78, 5) is 15.0. The van der Waals surface area contributed by atoms with Crippen LogP contribution in [0.25, 0.3) is 11.1 Å². The monoisotopic (exact) mass is 197 g/mol. The highest BCUT2D eigenvalue weighted by atomic mass is 16.1. The maximum Gasteiger partial charge on any atom is 0.150 e. The van der Waals surface area contributed by atoms with Gasteiger partial charge in [0.15, 0.2) is 6.29 Å². The van der Waals surface area contributed by atoms with Crippen LogP contribution in [-0.4, -0.2) is 11.3 Å². The van der Waals surface area contributed by atoms with Gasteiger partial charge in [-0.25, -0.2) is 0 Å². The lowest BCUT2D eigenvalue weighted by Crippen LogP contribution is -1.88. The van der Waals surface area contributed by atoms with Crippen molar-refractivity contribution in [3.8, 4) is 11.1 Å². The molecular formula is C13H11NO. The SMILES string of the molecule is Cc1cc(-c2ccccc2C=O)ccn1. The van der Waals surface area contributed by atoms with Gasteiger partial charge in [0.2, 0.25) is 0 Å². The van der Waals surface area contributed by atoms with E-state index < -0.39 is 0 Å². The molecule has 0 bridgehead atoms. The van der Waals surface area contributed by atoms with Crippen LogP contribution in [0.4, 0.5) is 0 Å². The third-order valence-corrected chi connectivity index (χ3v) is 2.30. The topological polar surface area (TPSA) is 30.0 Å². The first kappa shape index (κ1) is 9.59. The van der Waals surface area contributed by atoms with E-state index in [1.807, 2.05) is 43.3 Å². The highest BCUT2D eigenvalue weighted by Crippen LogP contribution is 2.22. The van der Waals surface area contributed by atoms with Crippen LogP contribution in [-0.2, 0) is 0 Å². The number of rotatable bonds is 2. The Bertz CT molecular complexity index is 491. The molecule has 0 spiro atoms. The minimum Gasteiger partial charge on any atom is -0.298 e. The fourth-order valence-corrected chi connectivity index (χ4v) is 1.58. The molecule has 2 aromatic rings. The van der Waals surface area contributed by atoms with Gasteiger partial charge in [0, 0.05) is 17.5 Å². The average molecular weight is 197 g/mol. The maximum atomic E-state index is 10.9. The van der Waals surface area contributed by atoms with Crippen LogP contribution in [0.3, 0.4) is 0 Å². The van der Waals surface area contributed by atoms with Crippen molar-refractivity contribution in [2.45, 2.75) is 6.92 Å². The second kappa shape index (κ2) is 4.05. The standard InChI is InChI=1S/C13H11NO/c1-10-8-11(6-7-14-10)13-5-3-2-4-12(13)9-15/h2-9H,1H3. The van der Waals surface area contributed by atoms with Crippen molar-refractivity contribution >= 4 is 6.29 Å². The summed E-state index contributed by atoms with van der Waals surface area (Å²) in [5.41, 5.74) is 3.65. The zero-order valence-electron chi connectivity index (χ0n) is 8.47. The molecule has 1 aromatic heterocycles. The van der Waals surface area contributed by atoms with E-state index in [1.165, 1.54) is 0 Å². The summed E-state index contributed by atoms with van der Waals surface area (Å²) >= 11 is 0. The first-order chi connectivity index (χ1) is 7.31. The van der Waals surface area contributed by atoms with Gasteiger partial charge in [-0.05, 0) is 30.2 Å². The predicted octanol–water partition coefficient (Wildman–Crippen LogP) is 2.87. The Kier molecular flexibility index (Phi) is 2.59. The Balaban J connectivity index is 2.58. The lowest BCUT2D eigenvalue weighted by Gasteiger charge is -2.04. The first-order valence-electron chi connectivity index (χ1n) is 4.78. The molecule has 2 heteroatoms. The molecule has 0 aliphatic carbocycles. The second-order valence-corrected chi connectivity index (χ2v) is 3.39. The number of carbonyl (C=O) groups is 1. The van der Waals surface area contributed by atoms with E-state index in [9.17, 15) is 4.79 Å². The molecule has 0 amide bonds. The van der Waals surface area contributed by atoms with Gasteiger partial charge in [-0.2, -0.15) is 0 Å². The predicted molar refractivity (Wildman–Crippen MR) is 59.8 cm³/mol. The highest BCUT2D eigenvalue weighted by molar-refractivity contribution is 5.87. The van der Waals surface area contributed by atoms with E-state index in [2.05, 4.69) is 4.98 Å². The Morgan fingerprint density at radius 1 is 1.20 bits per heavy atom. The van der Waals surface area contributed by atoms with Crippen molar-refractivity contribution in [2.24, 2.45) is 0 Å². The van der Waals surface area contributed by atoms with Gasteiger partial charge in [0.1, 0.15) is 0 Å². The van der Waals surface area contributed by atoms with E-state index in [4.69, 9.17) is 0 Å². The molecule has 0 atom stereocenters. The number of nitrogens with zero attached hydrogens (tertiary/aromatic N) is 1. The molecule has 2 rings (SSSR count). The molecule has 1 aromatic carbocycles. The molecule has 0 unspecified atom stereocenters. The lowest BCUT2D eigenvalue weighted by molar-refractivity contribution is 0.112. The quantitative estimate of drug-likeness (QED) is 0.693. The molecule has 0 saturated carbocycles. The molecule has 15 heavy (non-hydrogen) atoms. The summed E-state index contributed by atoms with van der Waals surface area (Å²) in [6, 6.07) is 11.4. The van der Waals surface area contributed by atoms with Gasteiger partial charge in [0.25, 0.3) is 0 Å². The molecule has 0 aliphatic heterocycles. The van der Waals surface area contributed by atoms with Gasteiger partial charge >= 0.3 is 0 Å². The van der Waals surface area contributed by atoms with E-state index >= 15 is 0 Å². The molecule has 0 aliphatic rings. The Labute approximate surface area is 88.6 Å². The van der Waals surface area contributed by atoms with Gasteiger partial charge in [-0.15, -0.1) is 0 Å². The van der Waals surface area contributed by atoms with E-state index in [1.54, 1.807) is 6.20 Å². The summed E-state index contributed by atoms with van der Waals surface area (Å²) in [5.74, 6) is 0. The molecule has 74 valence electrons. The van der Waals surface area contributed by atoms with Gasteiger partial charge in [-0.1, -0.05) is 24.3 Å². The molecule has 0 radical (unpaired) electrons. The number of hydrogen-bond acceptors (Lipinski definition) is 2. The van der Waals surface area contributed by atoms with Gasteiger partial charge in [-0.3, -0.25) is 9.78 Å². The third kappa shape index (κ3) is 1.94. The van der Waals surface area contributed by atoms with Crippen LogP contribution in [0.15, 0.2) is 42.6 Å². The highest BCUT2D eigenvalue weighted by Gasteiger charge is 2.03. The van der Waals surface area contributed by atoms with Crippen LogP contribution >= 0.6 is 0 Å². The van der Waals surface area contributed by atoms with Crippen molar-refractivity contribution in [2.75, 3.05) is 0 Å². The molecule has 0 N–H and O–H groups in total. The number of carbonyl (C=O) groups excluding carboxylic acids is 1. The van der Waals surface area contributed by atoms with Crippen molar-refractivity contribution in [1.82, 2.24) is 4.98 Å². The van der Waals surface area contributed by atoms with E-state index in [0.29, 0.717) is 5.56 Å². The Hall–Kier alpha value is -1.96. The number of aromatic nitrogens is 1. The normalized spacial score (nSPS) is 9.93. The summed E-state index contributed by atoms with van der Waals surface area (Å²) in [7, 11) is 0. The Morgan fingerprint density at radius 3 is 2.73 bits per heavy atom. The van der Waals surface area contributed by atoms with Crippen LogP contribution in [0, 0.1) is 6.92 Å². The lowest BCUT2D eigenvalue weighted by atomic mass is 10.0. The molecule has 2 nitrogen and oxygen atoms in total. The smallest absolute Gasteiger partial charge is 0.150 e. The summed E-state index contributed by atoms with van der Waals surface area (Å²) in [6.07, 6.45) is 2.64. The number of aldehydes is 1. The zero-order valence-corrected chi connectivity index (χ0v) is 8.47. The molecule has 0 saturated heterocycles. The van der Waals surface area contributed by atoms with Crippen molar-refractivity contribution < 1.29 is 4.79 Å². The molecule has 0 fully saturated rings. The van der Waals surface area contributed by atoms with E-state index in [0.717, 1.165) is 23.1 Å². The number of pyridine rings is 1. The van der Waals surface area contributed by atoms with E-state index in [-0.39, 0.29) is 0 Å². The van der Waals surface area contributed by atoms with Crippen molar-refractivity contribution in [3.05, 3.63) is 53.9 Å². The number of benzene rings is 1. The summed E-state index contributed by atoms with van der Waals surface area (Å²) in [6.45, 7) is 1.94. The van der Waals surface area contributed by atoms with Crippen LogP contribution in [0.2, 0.25) is 0 Å². The maximum absolute atomic E-state index is 10.9. The zero-order chi connectivity index (χ0) is 10.7. The first-order valence-corrected chi connectivity index (χ1v) is 4.78. The van der Waals surface area contributed by atoms with Crippen LogP contribution in [0.1, 0.15) is 16.1 Å². The molecule has 1 heterocycles. The van der Waals surface area contributed by atoms with Crippen LogP contribution < -0.4 is 0 Å². The van der Waals surface area contributed by atoms with Crippen LogP contribution in [0.5, 0.6) is 0 Å². The number of hydrogen-bond donors (Lipinski definition) is 0.